The van der Waals surface area contributed by atoms with Gasteiger partial charge >= 0.3 is 0 Å². The average Bonchev–Trinajstić information content (AvgIpc) is 2.48. The van der Waals surface area contributed by atoms with E-state index in [0.717, 1.165) is 29.0 Å². The number of benzene rings is 2. The van der Waals surface area contributed by atoms with E-state index in [1.807, 2.05) is 25.1 Å². The average molecular weight is 292 g/mol. The predicted octanol–water partition coefficient (Wildman–Crippen LogP) is 3.03. The molecule has 1 unspecified atom stereocenters. The fraction of sp³-hybridized carbons (Fsp3) is 0.250. The molecule has 21 heavy (non-hydrogen) atoms. The highest BCUT2D eigenvalue weighted by atomic mass is 19.2. The zero-order chi connectivity index (χ0) is 15.4. The van der Waals surface area contributed by atoms with Crippen molar-refractivity contribution in [3.8, 4) is 5.75 Å². The molecule has 0 aliphatic heterocycles. The van der Waals surface area contributed by atoms with Crippen molar-refractivity contribution >= 4 is 0 Å². The molecular weight excluding hydrogens is 274 g/mol. The molecule has 112 valence electrons. The second-order valence-electron chi connectivity index (χ2n) is 4.91. The monoisotopic (exact) mass is 292 g/mol. The zero-order valence-electron chi connectivity index (χ0n) is 12.0. The minimum Gasteiger partial charge on any atom is -0.496 e. The van der Waals surface area contributed by atoms with Gasteiger partial charge in [0.25, 0.3) is 0 Å². The van der Waals surface area contributed by atoms with Gasteiger partial charge in [-0.1, -0.05) is 23.8 Å². The highest BCUT2D eigenvalue weighted by Gasteiger charge is 2.15. The normalized spacial score (nSPS) is 12.2. The third kappa shape index (κ3) is 3.56. The van der Waals surface area contributed by atoms with Crippen molar-refractivity contribution in [1.29, 1.82) is 0 Å². The molecule has 0 heterocycles. The third-order valence-electron chi connectivity index (χ3n) is 3.41. The van der Waals surface area contributed by atoms with E-state index < -0.39 is 11.6 Å². The molecule has 1 atom stereocenters. The summed E-state index contributed by atoms with van der Waals surface area (Å²) in [7, 11) is 1.59. The molecule has 0 saturated heterocycles. The number of methoxy groups -OCH3 is 1. The van der Waals surface area contributed by atoms with E-state index in [1.165, 1.54) is 6.07 Å². The smallest absolute Gasteiger partial charge is 0.159 e. The van der Waals surface area contributed by atoms with Gasteiger partial charge in [-0.05, 0) is 42.7 Å². The van der Waals surface area contributed by atoms with E-state index in [4.69, 9.17) is 10.6 Å². The Morgan fingerprint density at radius 1 is 1.14 bits per heavy atom. The fourth-order valence-corrected chi connectivity index (χ4v) is 2.29. The van der Waals surface area contributed by atoms with Gasteiger partial charge in [0.2, 0.25) is 0 Å². The largest absolute Gasteiger partial charge is 0.496 e. The lowest BCUT2D eigenvalue weighted by Crippen LogP contribution is -2.29. The number of nitrogens with two attached hydrogens (primary N) is 1. The molecule has 0 fully saturated rings. The summed E-state index contributed by atoms with van der Waals surface area (Å²) in [6.07, 6.45) is 0.506. The number of hydrogen-bond acceptors (Lipinski definition) is 3. The summed E-state index contributed by atoms with van der Waals surface area (Å²) < 4.78 is 31.7. The first kappa shape index (κ1) is 15.4. The quantitative estimate of drug-likeness (QED) is 0.658. The van der Waals surface area contributed by atoms with Crippen molar-refractivity contribution in [2.75, 3.05) is 7.11 Å². The highest BCUT2D eigenvalue weighted by Crippen LogP contribution is 2.26. The SMILES string of the molecule is COc1ccc(C)cc1CC(NN)c1ccc(F)c(F)c1. The van der Waals surface area contributed by atoms with E-state index in [0.29, 0.717) is 12.0 Å². The molecule has 0 aliphatic rings. The first-order chi connectivity index (χ1) is 10.0. The standard InChI is InChI=1S/C16H18F2N2O/c1-10-3-6-16(21-2)12(7-10)9-15(20-19)11-4-5-13(17)14(18)8-11/h3-8,15,20H,9,19H2,1-2H3. The molecule has 0 amide bonds. The number of rotatable bonds is 5. The molecule has 3 nitrogen and oxygen atoms in total. The maximum Gasteiger partial charge on any atom is 0.159 e. The lowest BCUT2D eigenvalue weighted by Gasteiger charge is -2.18. The molecule has 0 spiro atoms. The molecule has 0 bridgehead atoms. The minimum absolute atomic E-state index is 0.337. The van der Waals surface area contributed by atoms with Gasteiger partial charge < -0.3 is 4.74 Å². The van der Waals surface area contributed by atoms with E-state index in [9.17, 15) is 8.78 Å². The van der Waals surface area contributed by atoms with Crippen LogP contribution in [0.15, 0.2) is 36.4 Å². The minimum atomic E-state index is -0.885. The third-order valence-corrected chi connectivity index (χ3v) is 3.41. The van der Waals surface area contributed by atoms with Gasteiger partial charge in [0.15, 0.2) is 11.6 Å². The number of ether oxygens (including phenoxy) is 1. The van der Waals surface area contributed by atoms with E-state index in [-0.39, 0.29) is 6.04 Å². The van der Waals surface area contributed by atoms with Crippen LogP contribution in [0.3, 0.4) is 0 Å². The van der Waals surface area contributed by atoms with Crippen molar-refractivity contribution < 1.29 is 13.5 Å². The summed E-state index contributed by atoms with van der Waals surface area (Å²) >= 11 is 0. The lowest BCUT2D eigenvalue weighted by molar-refractivity contribution is 0.405. The Bertz CT molecular complexity index is 632. The summed E-state index contributed by atoms with van der Waals surface area (Å²) in [4.78, 5) is 0. The molecular formula is C16H18F2N2O. The van der Waals surface area contributed by atoms with Gasteiger partial charge in [0.05, 0.1) is 13.2 Å². The van der Waals surface area contributed by atoms with Gasteiger partial charge in [-0.3, -0.25) is 11.3 Å². The number of hydrogen-bond donors (Lipinski definition) is 2. The Morgan fingerprint density at radius 3 is 2.52 bits per heavy atom. The molecule has 0 saturated carbocycles. The Morgan fingerprint density at radius 2 is 1.90 bits per heavy atom. The maximum atomic E-state index is 13.4. The van der Waals surface area contributed by atoms with Crippen molar-refractivity contribution in [2.45, 2.75) is 19.4 Å². The number of halogens is 2. The first-order valence-corrected chi connectivity index (χ1v) is 6.59. The number of nitrogens with one attached hydrogen (secondary N) is 1. The van der Waals surface area contributed by atoms with E-state index >= 15 is 0 Å². The maximum absolute atomic E-state index is 13.4. The fourth-order valence-electron chi connectivity index (χ4n) is 2.29. The topological polar surface area (TPSA) is 47.3 Å². The molecule has 0 aliphatic carbocycles. The number of aryl methyl sites for hydroxylation is 1. The van der Waals surface area contributed by atoms with E-state index in [2.05, 4.69) is 5.43 Å². The summed E-state index contributed by atoms with van der Waals surface area (Å²) in [6, 6.07) is 9.25. The van der Waals surface area contributed by atoms with Crippen LogP contribution in [0.2, 0.25) is 0 Å². The Labute approximate surface area is 122 Å². The van der Waals surface area contributed by atoms with Crippen LogP contribution in [-0.4, -0.2) is 7.11 Å². The second kappa shape index (κ2) is 6.65. The van der Waals surface area contributed by atoms with Crippen molar-refractivity contribution in [3.63, 3.8) is 0 Å². The van der Waals surface area contributed by atoms with Crippen LogP contribution in [0.1, 0.15) is 22.7 Å². The molecule has 0 radical (unpaired) electrons. The Balaban J connectivity index is 2.30. The Hall–Kier alpha value is -1.98. The van der Waals surface area contributed by atoms with Crippen LogP contribution < -0.4 is 16.0 Å². The molecule has 0 aromatic heterocycles. The second-order valence-corrected chi connectivity index (χ2v) is 4.91. The Kier molecular flexibility index (Phi) is 4.88. The summed E-state index contributed by atoms with van der Waals surface area (Å²) in [5.74, 6) is 4.54. The van der Waals surface area contributed by atoms with Crippen LogP contribution in [0, 0.1) is 18.6 Å². The van der Waals surface area contributed by atoms with Crippen LogP contribution in [0.5, 0.6) is 5.75 Å². The van der Waals surface area contributed by atoms with Crippen LogP contribution >= 0.6 is 0 Å². The highest BCUT2D eigenvalue weighted by molar-refractivity contribution is 5.38. The molecule has 2 aromatic carbocycles. The number of hydrazine groups is 1. The van der Waals surface area contributed by atoms with Crippen LogP contribution in [0.25, 0.3) is 0 Å². The van der Waals surface area contributed by atoms with Crippen molar-refractivity contribution in [3.05, 3.63) is 64.7 Å². The van der Waals surface area contributed by atoms with Gasteiger partial charge in [0, 0.05) is 0 Å². The first-order valence-electron chi connectivity index (χ1n) is 6.59. The van der Waals surface area contributed by atoms with Crippen LogP contribution in [-0.2, 0) is 6.42 Å². The van der Waals surface area contributed by atoms with Crippen molar-refractivity contribution in [2.24, 2.45) is 5.84 Å². The molecule has 2 aromatic rings. The molecule has 2 rings (SSSR count). The summed E-state index contributed by atoms with van der Waals surface area (Å²) in [6.45, 7) is 1.98. The van der Waals surface area contributed by atoms with Gasteiger partial charge in [-0.25, -0.2) is 8.78 Å². The van der Waals surface area contributed by atoms with Gasteiger partial charge in [0.1, 0.15) is 5.75 Å². The summed E-state index contributed by atoms with van der Waals surface area (Å²) in [5, 5.41) is 0. The zero-order valence-corrected chi connectivity index (χ0v) is 12.0. The van der Waals surface area contributed by atoms with Crippen LogP contribution in [0.4, 0.5) is 8.78 Å². The molecule has 3 N–H and O–H groups in total. The van der Waals surface area contributed by atoms with Gasteiger partial charge in [-0.15, -0.1) is 0 Å². The van der Waals surface area contributed by atoms with Gasteiger partial charge in [-0.2, -0.15) is 0 Å². The van der Waals surface area contributed by atoms with Crippen molar-refractivity contribution in [1.82, 2.24) is 5.43 Å². The van der Waals surface area contributed by atoms with E-state index in [1.54, 1.807) is 7.11 Å². The predicted molar refractivity (Wildman–Crippen MR) is 77.9 cm³/mol. The molecule has 5 heteroatoms. The lowest BCUT2D eigenvalue weighted by atomic mass is 9.97. The summed E-state index contributed by atoms with van der Waals surface area (Å²) in [5.41, 5.74) is 5.26.